The molecule has 3 N–H and O–H groups in total. The molecule has 3 amide bonds. The maximum Gasteiger partial charge on any atom is 0.291 e. The third-order valence-corrected chi connectivity index (χ3v) is 7.24. The number of hydrogen-bond acceptors (Lipinski definition) is 7. The number of carbonyl (C=O) groups excluding carboxylic acids is 4. The Morgan fingerprint density at radius 1 is 1.09 bits per heavy atom. The van der Waals surface area contributed by atoms with E-state index in [0.29, 0.717) is 41.7 Å². The molecule has 10 nitrogen and oxygen atoms in total. The fourth-order valence-electron chi connectivity index (χ4n) is 5.89. The molecule has 2 aromatic carbocycles. The monoisotopic (exact) mass is 463 g/mol. The highest BCUT2D eigenvalue weighted by Gasteiger charge is 2.74. The topological polar surface area (TPSA) is 142 Å². The van der Waals surface area contributed by atoms with Crippen LogP contribution >= 0.6 is 0 Å². The summed E-state index contributed by atoms with van der Waals surface area (Å²) < 4.78 is 11.2. The molecule has 2 saturated heterocycles. The van der Waals surface area contributed by atoms with E-state index in [2.05, 4.69) is 5.32 Å². The Hall–Kier alpha value is -3.92. The smallest absolute Gasteiger partial charge is 0.291 e. The fraction of sp³-hybridized carbons (Fsp3) is 0.333. The zero-order chi connectivity index (χ0) is 23.6. The number of anilines is 2. The minimum absolute atomic E-state index is 0.0920. The van der Waals surface area contributed by atoms with Crippen LogP contribution in [0.15, 0.2) is 42.5 Å². The maximum absolute atomic E-state index is 13.9. The molecular formula is C24H21N3O7. The Balaban J connectivity index is 1.46. The van der Waals surface area contributed by atoms with Gasteiger partial charge in [0.25, 0.3) is 5.91 Å². The summed E-state index contributed by atoms with van der Waals surface area (Å²) in [4.78, 5) is 53.2. The minimum atomic E-state index is -1.35. The molecule has 4 heterocycles. The van der Waals surface area contributed by atoms with E-state index in [0.717, 1.165) is 4.90 Å². The van der Waals surface area contributed by atoms with Gasteiger partial charge >= 0.3 is 0 Å². The van der Waals surface area contributed by atoms with Gasteiger partial charge in [0, 0.05) is 24.0 Å². The number of carboxylic acids is 1. The molecule has 1 spiro atoms. The number of nitrogens with two attached hydrogens (primary N) is 1. The summed E-state index contributed by atoms with van der Waals surface area (Å²) in [6, 6.07) is 11.3. The number of aliphatic carboxylic acids is 1. The highest BCUT2D eigenvalue weighted by atomic mass is 16.6. The molecule has 0 bridgehead atoms. The van der Waals surface area contributed by atoms with Crippen molar-refractivity contribution in [1.82, 2.24) is 0 Å². The lowest BCUT2D eigenvalue weighted by molar-refractivity contribution is -0.733. The van der Waals surface area contributed by atoms with Gasteiger partial charge in [0.15, 0.2) is 11.5 Å². The van der Waals surface area contributed by atoms with Gasteiger partial charge in [-0.2, -0.15) is 0 Å². The zero-order valence-electron chi connectivity index (χ0n) is 18.0. The Labute approximate surface area is 193 Å². The van der Waals surface area contributed by atoms with E-state index in [9.17, 15) is 24.3 Å². The largest absolute Gasteiger partial charge is 0.550 e. The standard InChI is InChI=1S/C24H21N3O7/c28-18(29)8-6-15-19-20(24(26-15)13-3-1-2-4-14(13)25-23(24)32)22(31)27(21(19)30)12-5-7-16-17(11-12)34-10-9-33-16/h1-5,7,11,15,19-20,26H,6,8-10H2,(H,25,32)(H,28,29)/t15-,19+,20-,24-/m0/s1. The molecule has 4 aliphatic rings. The van der Waals surface area contributed by atoms with Gasteiger partial charge in [0.1, 0.15) is 31.1 Å². The number of nitrogens with zero attached hydrogens (tertiary/aromatic N) is 1. The number of rotatable bonds is 4. The number of carboxylic acid groups (broad SMARTS) is 1. The van der Waals surface area contributed by atoms with E-state index in [1.165, 1.54) is 0 Å². The van der Waals surface area contributed by atoms with Crippen molar-refractivity contribution in [3.63, 3.8) is 0 Å². The molecule has 6 rings (SSSR count). The van der Waals surface area contributed by atoms with Gasteiger partial charge in [-0.3, -0.25) is 14.4 Å². The van der Waals surface area contributed by atoms with Crippen LogP contribution in [0.1, 0.15) is 18.4 Å². The molecule has 0 unspecified atom stereocenters. The number of ether oxygens (including phenoxy) is 2. The number of para-hydroxylation sites is 1. The molecule has 4 atom stereocenters. The summed E-state index contributed by atoms with van der Waals surface area (Å²) in [6.45, 7) is 0.759. The Morgan fingerprint density at radius 2 is 1.85 bits per heavy atom. The predicted molar refractivity (Wildman–Crippen MR) is 114 cm³/mol. The van der Waals surface area contributed by atoms with Crippen molar-refractivity contribution < 1.29 is 39.1 Å². The number of fused-ring (bicyclic) bond motifs is 5. The lowest BCUT2D eigenvalue weighted by atomic mass is 9.76. The molecule has 2 fully saturated rings. The maximum atomic E-state index is 13.9. The van der Waals surface area contributed by atoms with Crippen LogP contribution in [0.3, 0.4) is 0 Å². The predicted octanol–water partition coefficient (Wildman–Crippen LogP) is -1.11. The first kappa shape index (κ1) is 20.7. The number of nitrogens with one attached hydrogen (secondary N) is 1. The highest BCUT2D eigenvalue weighted by molar-refractivity contribution is 6.25. The van der Waals surface area contributed by atoms with Crippen molar-refractivity contribution in [1.29, 1.82) is 0 Å². The lowest BCUT2D eigenvalue weighted by Gasteiger charge is -2.27. The third-order valence-electron chi connectivity index (χ3n) is 7.24. The number of benzene rings is 2. The van der Waals surface area contributed by atoms with E-state index >= 15 is 0 Å². The van der Waals surface area contributed by atoms with Crippen LogP contribution in [0.25, 0.3) is 0 Å². The molecule has 0 radical (unpaired) electrons. The second-order valence-corrected chi connectivity index (χ2v) is 8.95. The normalized spacial score (nSPS) is 28.8. The molecular weight excluding hydrogens is 442 g/mol. The van der Waals surface area contributed by atoms with Gasteiger partial charge in [0.05, 0.1) is 11.4 Å². The number of hydrogen-bond donors (Lipinski definition) is 2. The van der Waals surface area contributed by atoms with Crippen LogP contribution in [-0.4, -0.2) is 42.9 Å². The lowest BCUT2D eigenvalue weighted by Crippen LogP contribution is -2.99. The Morgan fingerprint density at radius 3 is 2.65 bits per heavy atom. The van der Waals surface area contributed by atoms with Crippen molar-refractivity contribution in [3.05, 3.63) is 48.0 Å². The average Bonchev–Trinajstić information content (AvgIpc) is 3.42. The van der Waals surface area contributed by atoms with Crippen molar-refractivity contribution in [2.75, 3.05) is 23.4 Å². The highest BCUT2D eigenvalue weighted by Crippen LogP contribution is 2.50. The first-order chi connectivity index (χ1) is 16.4. The summed E-state index contributed by atoms with van der Waals surface area (Å²) in [5.74, 6) is -3.48. The van der Waals surface area contributed by atoms with E-state index in [-0.39, 0.29) is 18.7 Å². The fourth-order valence-corrected chi connectivity index (χ4v) is 5.89. The van der Waals surface area contributed by atoms with E-state index in [4.69, 9.17) is 9.47 Å². The van der Waals surface area contributed by atoms with Crippen LogP contribution in [0, 0.1) is 11.8 Å². The van der Waals surface area contributed by atoms with Crippen LogP contribution in [-0.2, 0) is 24.7 Å². The van der Waals surface area contributed by atoms with Gasteiger partial charge in [-0.25, -0.2) is 4.90 Å². The van der Waals surface area contributed by atoms with Gasteiger partial charge in [-0.05, 0) is 24.6 Å². The number of amides is 3. The first-order valence-electron chi connectivity index (χ1n) is 11.2. The van der Waals surface area contributed by atoms with Gasteiger partial charge < -0.3 is 30.0 Å². The number of quaternary nitrogens is 1. The summed E-state index contributed by atoms with van der Waals surface area (Å²) in [7, 11) is 0. The number of carbonyl (C=O) groups is 4. The first-order valence-corrected chi connectivity index (χ1v) is 11.2. The molecule has 0 saturated carbocycles. The summed E-state index contributed by atoms with van der Waals surface area (Å²) in [6.07, 6.45) is -0.191. The van der Waals surface area contributed by atoms with Gasteiger partial charge in [-0.1, -0.05) is 18.2 Å². The second-order valence-electron chi connectivity index (χ2n) is 8.95. The van der Waals surface area contributed by atoms with Crippen LogP contribution in [0.4, 0.5) is 11.4 Å². The van der Waals surface area contributed by atoms with Crippen LogP contribution in [0.5, 0.6) is 11.5 Å². The minimum Gasteiger partial charge on any atom is -0.550 e. The van der Waals surface area contributed by atoms with E-state index in [1.807, 2.05) is 0 Å². The molecule has 4 aliphatic heterocycles. The van der Waals surface area contributed by atoms with Gasteiger partial charge in [0.2, 0.25) is 17.4 Å². The van der Waals surface area contributed by atoms with Crippen molar-refractivity contribution in [2.24, 2.45) is 11.8 Å². The molecule has 0 aromatic heterocycles. The molecule has 34 heavy (non-hydrogen) atoms. The molecule has 174 valence electrons. The molecule has 2 aromatic rings. The van der Waals surface area contributed by atoms with E-state index < -0.39 is 41.2 Å². The Kier molecular flexibility index (Phi) is 4.43. The average molecular weight is 463 g/mol. The van der Waals surface area contributed by atoms with Crippen molar-refractivity contribution in [3.8, 4) is 11.5 Å². The zero-order valence-corrected chi connectivity index (χ0v) is 18.0. The van der Waals surface area contributed by atoms with Crippen LogP contribution in [0.2, 0.25) is 0 Å². The quantitative estimate of drug-likeness (QED) is 0.548. The summed E-state index contributed by atoms with van der Waals surface area (Å²) in [5, 5.41) is 15.8. The van der Waals surface area contributed by atoms with E-state index in [1.54, 1.807) is 47.8 Å². The SMILES string of the molecule is O=C([O-])CC[C@@H]1[NH2+][C@]2(C(=O)Nc3ccccc32)[C@@H]2C(=O)N(c3ccc4c(c3)OCCO4)C(=O)[C@H]12. The summed E-state index contributed by atoms with van der Waals surface area (Å²) in [5.41, 5.74) is 0.180. The van der Waals surface area contributed by atoms with Crippen molar-refractivity contribution in [2.45, 2.75) is 24.4 Å². The third kappa shape index (κ3) is 2.72. The number of imide groups is 1. The van der Waals surface area contributed by atoms with Crippen LogP contribution < -0.4 is 30.1 Å². The second kappa shape index (κ2) is 7.29. The van der Waals surface area contributed by atoms with Gasteiger partial charge in [-0.15, -0.1) is 0 Å². The van der Waals surface area contributed by atoms with Crippen molar-refractivity contribution >= 4 is 35.1 Å². The molecule has 10 heteroatoms. The molecule has 0 aliphatic carbocycles. The Bertz CT molecular complexity index is 1260. The summed E-state index contributed by atoms with van der Waals surface area (Å²) >= 11 is 0.